The molecule has 0 amide bonds. The highest BCUT2D eigenvalue weighted by molar-refractivity contribution is 8.02. The van der Waals surface area contributed by atoms with Gasteiger partial charge in [0.1, 0.15) is 11.2 Å². The van der Waals surface area contributed by atoms with E-state index in [0.29, 0.717) is 5.37 Å². The molecule has 14 heavy (non-hydrogen) atoms. The average Bonchev–Trinajstić information content (AvgIpc) is 2.61. The van der Waals surface area contributed by atoms with Crippen LogP contribution in [0.3, 0.4) is 0 Å². The van der Waals surface area contributed by atoms with Crippen LogP contribution >= 0.6 is 11.8 Å². The Hall–Kier alpha value is -1.16. The van der Waals surface area contributed by atoms with E-state index in [-0.39, 0.29) is 0 Å². The van der Waals surface area contributed by atoms with Crippen molar-refractivity contribution in [2.75, 3.05) is 6.54 Å². The van der Waals surface area contributed by atoms with Crippen LogP contribution in [0.1, 0.15) is 17.9 Å². The van der Waals surface area contributed by atoms with Gasteiger partial charge in [0.05, 0.1) is 0 Å². The molecule has 0 spiro atoms. The fraction of sp³-hybridized carbons (Fsp3) is 0.300. The molecular formula is C10H13N3S. The van der Waals surface area contributed by atoms with Gasteiger partial charge in [-0.15, -0.1) is 11.8 Å². The summed E-state index contributed by atoms with van der Waals surface area (Å²) in [5.74, 6) is 0.860. The van der Waals surface area contributed by atoms with E-state index >= 15 is 0 Å². The van der Waals surface area contributed by atoms with Gasteiger partial charge in [-0.3, -0.25) is 4.98 Å². The Morgan fingerprint density at radius 1 is 1.50 bits per heavy atom. The maximum absolute atomic E-state index is 5.87. The van der Waals surface area contributed by atoms with Crippen molar-refractivity contribution < 1.29 is 0 Å². The molecule has 0 saturated heterocycles. The molecule has 0 fully saturated rings. The summed E-state index contributed by atoms with van der Waals surface area (Å²) in [7, 11) is 0. The molecule has 0 aliphatic carbocycles. The van der Waals surface area contributed by atoms with Crippen molar-refractivity contribution in [2.24, 2.45) is 5.73 Å². The third kappa shape index (κ3) is 1.57. The van der Waals surface area contributed by atoms with Gasteiger partial charge < -0.3 is 10.6 Å². The summed E-state index contributed by atoms with van der Waals surface area (Å²) in [6, 6.07) is 4.07. The number of rotatable bonds is 2. The van der Waals surface area contributed by atoms with Crippen LogP contribution in [-0.2, 0) is 0 Å². The molecular weight excluding hydrogens is 194 g/mol. The normalized spacial score (nSPS) is 21.1. The van der Waals surface area contributed by atoms with Crippen molar-refractivity contribution in [3.63, 3.8) is 0 Å². The molecule has 0 saturated carbocycles. The van der Waals surface area contributed by atoms with Gasteiger partial charge >= 0.3 is 0 Å². The van der Waals surface area contributed by atoms with Gasteiger partial charge in [-0.25, -0.2) is 0 Å². The molecule has 0 aromatic carbocycles. The molecule has 1 aromatic rings. The topological polar surface area (TPSA) is 42.1 Å². The van der Waals surface area contributed by atoms with Crippen LogP contribution in [-0.4, -0.2) is 16.4 Å². The van der Waals surface area contributed by atoms with Crippen LogP contribution in [0.25, 0.3) is 0 Å². The molecule has 2 rings (SSSR count). The first-order valence-corrected chi connectivity index (χ1v) is 5.55. The highest BCUT2D eigenvalue weighted by Gasteiger charge is 2.24. The van der Waals surface area contributed by atoms with Crippen molar-refractivity contribution in [1.82, 2.24) is 9.88 Å². The Morgan fingerprint density at radius 2 is 2.21 bits per heavy atom. The van der Waals surface area contributed by atoms with Gasteiger partial charge in [0, 0.05) is 24.3 Å². The van der Waals surface area contributed by atoms with E-state index in [1.165, 1.54) is 5.56 Å². The lowest BCUT2D eigenvalue weighted by Gasteiger charge is -2.25. The van der Waals surface area contributed by atoms with Gasteiger partial charge in [0.15, 0.2) is 0 Å². The molecule has 1 aromatic heterocycles. The molecule has 0 radical (unpaired) electrons. The number of thioether (sulfide) groups is 1. The van der Waals surface area contributed by atoms with Crippen LogP contribution in [0.4, 0.5) is 0 Å². The van der Waals surface area contributed by atoms with Gasteiger partial charge in [-0.2, -0.15) is 0 Å². The zero-order valence-corrected chi connectivity index (χ0v) is 8.87. The monoisotopic (exact) mass is 207 g/mol. The number of hydrogen-bond donors (Lipinski definition) is 1. The van der Waals surface area contributed by atoms with E-state index in [4.69, 9.17) is 5.73 Å². The Bertz CT molecular complexity index is 336. The summed E-state index contributed by atoms with van der Waals surface area (Å²) >= 11 is 1.75. The smallest absolute Gasteiger partial charge is 0.106 e. The van der Waals surface area contributed by atoms with Crippen LogP contribution in [0.2, 0.25) is 0 Å². The van der Waals surface area contributed by atoms with E-state index in [2.05, 4.69) is 16.8 Å². The van der Waals surface area contributed by atoms with Crippen molar-refractivity contribution in [1.29, 1.82) is 0 Å². The van der Waals surface area contributed by atoms with Crippen molar-refractivity contribution >= 4 is 11.8 Å². The van der Waals surface area contributed by atoms with Crippen LogP contribution in [0.5, 0.6) is 0 Å². The summed E-state index contributed by atoms with van der Waals surface area (Å²) in [4.78, 5) is 6.19. The minimum atomic E-state index is 0.322. The summed E-state index contributed by atoms with van der Waals surface area (Å²) in [6.07, 6.45) is 3.64. The molecule has 2 N–H and O–H groups in total. The summed E-state index contributed by atoms with van der Waals surface area (Å²) < 4.78 is 0. The predicted octanol–water partition coefficient (Wildman–Crippen LogP) is 1.91. The van der Waals surface area contributed by atoms with Gasteiger partial charge in [-0.05, 0) is 24.6 Å². The second kappa shape index (κ2) is 3.92. The largest absolute Gasteiger partial charge is 0.385 e. The molecule has 1 unspecified atom stereocenters. The van der Waals surface area contributed by atoms with Gasteiger partial charge in [0.2, 0.25) is 0 Å². The van der Waals surface area contributed by atoms with E-state index < -0.39 is 0 Å². The summed E-state index contributed by atoms with van der Waals surface area (Å²) in [6.45, 7) is 3.04. The molecule has 1 atom stereocenters. The van der Waals surface area contributed by atoms with E-state index in [9.17, 15) is 0 Å². The third-order valence-corrected chi connectivity index (χ3v) is 3.43. The maximum Gasteiger partial charge on any atom is 0.106 e. The van der Waals surface area contributed by atoms with Crippen LogP contribution < -0.4 is 5.73 Å². The molecule has 1 aliphatic heterocycles. The number of nitrogens with zero attached hydrogens (tertiary/aromatic N) is 2. The van der Waals surface area contributed by atoms with Crippen molar-refractivity contribution in [2.45, 2.75) is 12.3 Å². The summed E-state index contributed by atoms with van der Waals surface area (Å²) in [5, 5.41) is 2.33. The predicted molar refractivity (Wildman–Crippen MR) is 59.2 cm³/mol. The van der Waals surface area contributed by atoms with E-state index in [1.54, 1.807) is 11.8 Å². The number of nitrogens with two attached hydrogens (primary N) is 1. The highest BCUT2D eigenvalue weighted by atomic mass is 32.2. The number of aromatic nitrogens is 1. The van der Waals surface area contributed by atoms with Crippen molar-refractivity contribution in [3.05, 3.63) is 41.3 Å². The fourth-order valence-corrected chi connectivity index (χ4v) is 2.68. The minimum Gasteiger partial charge on any atom is -0.385 e. The number of hydrogen-bond acceptors (Lipinski definition) is 4. The van der Waals surface area contributed by atoms with E-state index in [1.807, 2.05) is 29.9 Å². The third-order valence-electron chi connectivity index (χ3n) is 2.26. The average molecular weight is 207 g/mol. The second-order valence-corrected chi connectivity index (χ2v) is 4.05. The highest BCUT2D eigenvalue weighted by Crippen LogP contribution is 2.40. The quantitative estimate of drug-likeness (QED) is 0.804. The Labute approximate surface area is 88.0 Å². The first kappa shape index (κ1) is 9.40. The molecule has 4 heteroatoms. The zero-order chi connectivity index (χ0) is 9.97. The minimum absolute atomic E-state index is 0.322. The standard InChI is InChI=1S/C10H13N3S/c1-2-13-9(11)7-14-10(13)8-3-5-12-6-4-8/h3-7,10H,2,11H2,1H3. The van der Waals surface area contributed by atoms with E-state index in [0.717, 1.165) is 12.4 Å². The van der Waals surface area contributed by atoms with Crippen molar-refractivity contribution in [3.8, 4) is 0 Å². The lowest BCUT2D eigenvalue weighted by Crippen LogP contribution is -2.26. The lowest BCUT2D eigenvalue weighted by molar-refractivity contribution is 0.351. The second-order valence-electron chi connectivity index (χ2n) is 3.10. The molecule has 3 nitrogen and oxygen atoms in total. The van der Waals surface area contributed by atoms with Crippen LogP contribution in [0, 0.1) is 0 Å². The maximum atomic E-state index is 5.87. The molecule has 1 aliphatic rings. The zero-order valence-electron chi connectivity index (χ0n) is 8.05. The lowest BCUT2D eigenvalue weighted by atomic mass is 10.2. The Morgan fingerprint density at radius 3 is 2.86 bits per heavy atom. The summed E-state index contributed by atoms with van der Waals surface area (Å²) in [5.41, 5.74) is 7.12. The first-order chi connectivity index (χ1) is 6.83. The van der Waals surface area contributed by atoms with Gasteiger partial charge in [-0.1, -0.05) is 0 Å². The number of pyridine rings is 1. The SMILES string of the molecule is CCN1C(N)=CSC1c1ccncc1. The van der Waals surface area contributed by atoms with Crippen LogP contribution in [0.15, 0.2) is 35.8 Å². The molecule has 0 bridgehead atoms. The van der Waals surface area contributed by atoms with Gasteiger partial charge in [0.25, 0.3) is 0 Å². The first-order valence-electron chi connectivity index (χ1n) is 4.60. The Kier molecular flexibility index (Phi) is 2.63. The fourth-order valence-electron chi connectivity index (χ4n) is 1.55. The Balaban J connectivity index is 2.22. The molecule has 2 heterocycles. The molecule has 74 valence electrons.